The Morgan fingerprint density at radius 1 is 1.17 bits per heavy atom. The number of benzene rings is 1. The number of hydrogen-bond donors (Lipinski definition) is 1. The molecule has 0 saturated heterocycles. The lowest BCUT2D eigenvalue weighted by molar-refractivity contribution is -0.127. The van der Waals surface area contributed by atoms with Gasteiger partial charge in [-0.1, -0.05) is 0 Å². The average molecular weight is 319 g/mol. The van der Waals surface area contributed by atoms with Crippen molar-refractivity contribution in [2.45, 2.75) is 43.7 Å². The number of hydrogen-bond acceptors (Lipinski definition) is 5. The van der Waals surface area contributed by atoms with E-state index in [4.69, 9.17) is 9.47 Å². The standard InChI is InChI=1S/C18H25NO4/c1-19-10-12-8-16(22-2)17(23-3)9-14(12)15(11-19)18(21)6-4-13(20)5-7-18/h8-9,15,21H,4-7,10-11H2,1-3H3. The maximum Gasteiger partial charge on any atom is 0.161 e. The van der Waals surface area contributed by atoms with Gasteiger partial charge in [0.1, 0.15) is 5.78 Å². The van der Waals surface area contributed by atoms with Gasteiger partial charge in [-0.3, -0.25) is 4.79 Å². The first-order chi connectivity index (χ1) is 11.0. The Balaban J connectivity index is 2.02. The van der Waals surface area contributed by atoms with Crippen molar-refractivity contribution in [1.29, 1.82) is 0 Å². The molecule has 0 amide bonds. The molecule has 0 spiro atoms. The molecule has 3 rings (SSSR count). The second kappa shape index (κ2) is 6.13. The Hall–Kier alpha value is -1.59. The van der Waals surface area contributed by atoms with Crippen molar-refractivity contribution in [3.63, 3.8) is 0 Å². The van der Waals surface area contributed by atoms with Crippen molar-refractivity contribution < 1.29 is 19.4 Å². The van der Waals surface area contributed by atoms with Gasteiger partial charge in [0.25, 0.3) is 0 Å². The predicted molar refractivity (Wildman–Crippen MR) is 87.0 cm³/mol. The Bertz CT molecular complexity index is 603. The van der Waals surface area contributed by atoms with Gasteiger partial charge in [0.15, 0.2) is 11.5 Å². The Labute approximate surface area is 137 Å². The third-order valence-electron chi connectivity index (χ3n) is 5.28. The Kier molecular flexibility index (Phi) is 4.34. The van der Waals surface area contributed by atoms with Crippen LogP contribution >= 0.6 is 0 Å². The molecule has 1 fully saturated rings. The highest BCUT2D eigenvalue weighted by atomic mass is 16.5. The molecule has 1 heterocycles. The number of aliphatic hydroxyl groups is 1. The number of carbonyl (C=O) groups is 1. The highest BCUT2D eigenvalue weighted by Crippen LogP contribution is 2.45. The second-order valence-corrected chi connectivity index (χ2v) is 6.80. The van der Waals surface area contributed by atoms with Gasteiger partial charge in [-0.15, -0.1) is 0 Å². The molecule has 2 aliphatic rings. The van der Waals surface area contributed by atoms with E-state index >= 15 is 0 Å². The molecule has 23 heavy (non-hydrogen) atoms. The van der Waals surface area contributed by atoms with Crippen LogP contribution in [-0.4, -0.2) is 49.2 Å². The number of methoxy groups -OCH3 is 2. The first-order valence-corrected chi connectivity index (χ1v) is 8.14. The summed E-state index contributed by atoms with van der Waals surface area (Å²) < 4.78 is 10.8. The zero-order valence-corrected chi connectivity index (χ0v) is 14.1. The minimum Gasteiger partial charge on any atom is -0.493 e. The van der Waals surface area contributed by atoms with Crippen LogP contribution < -0.4 is 9.47 Å². The van der Waals surface area contributed by atoms with E-state index in [1.807, 2.05) is 12.1 Å². The lowest BCUT2D eigenvalue weighted by Gasteiger charge is -2.44. The van der Waals surface area contributed by atoms with Crippen LogP contribution in [0.2, 0.25) is 0 Å². The molecule has 1 aliphatic carbocycles. The van der Waals surface area contributed by atoms with Gasteiger partial charge in [-0.05, 0) is 43.1 Å². The molecular formula is C18H25NO4. The fraction of sp³-hybridized carbons (Fsp3) is 0.611. The van der Waals surface area contributed by atoms with Crippen molar-refractivity contribution in [3.8, 4) is 11.5 Å². The summed E-state index contributed by atoms with van der Waals surface area (Å²) in [4.78, 5) is 13.8. The smallest absolute Gasteiger partial charge is 0.161 e. The van der Waals surface area contributed by atoms with E-state index in [1.165, 1.54) is 0 Å². The molecule has 0 bridgehead atoms. The molecule has 5 heteroatoms. The Morgan fingerprint density at radius 3 is 2.39 bits per heavy atom. The molecule has 1 N–H and O–H groups in total. The van der Waals surface area contributed by atoms with Gasteiger partial charge in [0.2, 0.25) is 0 Å². The predicted octanol–water partition coefficient (Wildman–Crippen LogP) is 2.11. The highest BCUT2D eigenvalue weighted by Gasteiger charge is 2.43. The van der Waals surface area contributed by atoms with Crippen LogP contribution in [0.5, 0.6) is 11.5 Å². The SMILES string of the molecule is COc1cc2c(cc1OC)C(C1(O)CCC(=O)CC1)CN(C)C2. The largest absolute Gasteiger partial charge is 0.493 e. The number of ketones is 1. The van der Waals surface area contributed by atoms with Gasteiger partial charge in [-0.2, -0.15) is 0 Å². The van der Waals surface area contributed by atoms with Crippen LogP contribution in [0.15, 0.2) is 12.1 Å². The van der Waals surface area contributed by atoms with Crippen molar-refractivity contribution in [3.05, 3.63) is 23.3 Å². The van der Waals surface area contributed by atoms with Crippen LogP contribution in [0.25, 0.3) is 0 Å². The molecule has 0 aromatic heterocycles. The molecule has 1 atom stereocenters. The maximum atomic E-state index is 11.6. The molecule has 5 nitrogen and oxygen atoms in total. The van der Waals surface area contributed by atoms with Crippen molar-refractivity contribution in [2.75, 3.05) is 27.8 Å². The molecule has 1 aromatic rings. The number of ether oxygens (including phenoxy) is 2. The monoisotopic (exact) mass is 319 g/mol. The number of rotatable bonds is 3. The minimum absolute atomic E-state index is 0.0100. The van der Waals surface area contributed by atoms with Crippen LogP contribution in [0.1, 0.15) is 42.7 Å². The normalized spacial score (nSPS) is 24.2. The van der Waals surface area contributed by atoms with E-state index in [0.717, 1.165) is 24.2 Å². The van der Waals surface area contributed by atoms with E-state index in [2.05, 4.69) is 11.9 Å². The summed E-state index contributed by atoms with van der Waals surface area (Å²) in [5.41, 5.74) is 1.46. The molecule has 126 valence electrons. The summed E-state index contributed by atoms with van der Waals surface area (Å²) >= 11 is 0. The summed E-state index contributed by atoms with van der Waals surface area (Å²) in [6.45, 7) is 1.61. The summed E-state index contributed by atoms with van der Waals surface area (Å²) in [6.07, 6.45) is 2.02. The van der Waals surface area contributed by atoms with E-state index in [-0.39, 0.29) is 11.7 Å². The first kappa shape index (κ1) is 16.3. The number of likely N-dealkylation sites (N-methyl/N-ethyl adjacent to an activating group) is 1. The van der Waals surface area contributed by atoms with Crippen LogP contribution in [-0.2, 0) is 11.3 Å². The van der Waals surface area contributed by atoms with Gasteiger partial charge in [-0.25, -0.2) is 0 Å². The highest BCUT2D eigenvalue weighted by molar-refractivity contribution is 5.79. The van der Waals surface area contributed by atoms with E-state index in [1.54, 1.807) is 14.2 Å². The fourth-order valence-electron chi connectivity index (χ4n) is 3.93. The summed E-state index contributed by atoms with van der Waals surface area (Å²) in [5, 5.41) is 11.2. The minimum atomic E-state index is -0.822. The van der Waals surface area contributed by atoms with Gasteiger partial charge < -0.3 is 19.5 Å². The lowest BCUT2D eigenvalue weighted by atomic mass is 9.70. The molecule has 1 aromatic carbocycles. The molecule has 1 saturated carbocycles. The first-order valence-electron chi connectivity index (χ1n) is 8.14. The maximum absolute atomic E-state index is 11.6. The van der Waals surface area contributed by atoms with Crippen LogP contribution in [0, 0.1) is 0 Å². The zero-order chi connectivity index (χ0) is 16.6. The van der Waals surface area contributed by atoms with Gasteiger partial charge >= 0.3 is 0 Å². The number of fused-ring (bicyclic) bond motifs is 1. The molecule has 1 unspecified atom stereocenters. The number of Topliss-reactive ketones (excluding diaryl/α,β-unsaturated/α-hetero) is 1. The van der Waals surface area contributed by atoms with Crippen molar-refractivity contribution >= 4 is 5.78 Å². The topological polar surface area (TPSA) is 59.0 Å². The molecule has 1 aliphatic heterocycles. The van der Waals surface area contributed by atoms with Gasteiger partial charge in [0.05, 0.1) is 19.8 Å². The van der Waals surface area contributed by atoms with Crippen LogP contribution in [0.3, 0.4) is 0 Å². The molecular weight excluding hydrogens is 294 g/mol. The van der Waals surface area contributed by atoms with E-state index in [9.17, 15) is 9.90 Å². The summed E-state index contributed by atoms with van der Waals surface area (Å²) in [5.74, 6) is 1.65. The quantitative estimate of drug-likeness (QED) is 0.924. The van der Waals surface area contributed by atoms with Crippen molar-refractivity contribution in [1.82, 2.24) is 4.90 Å². The van der Waals surface area contributed by atoms with Crippen LogP contribution in [0.4, 0.5) is 0 Å². The lowest BCUT2D eigenvalue weighted by Crippen LogP contribution is -2.47. The van der Waals surface area contributed by atoms with Crippen molar-refractivity contribution in [2.24, 2.45) is 0 Å². The Morgan fingerprint density at radius 2 is 1.78 bits per heavy atom. The zero-order valence-electron chi connectivity index (χ0n) is 14.1. The fourth-order valence-corrected chi connectivity index (χ4v) is 3.93. The van der Waals surface area contributed by atoms with E-state index in [0.29, 0.717) is 37.2 Å². The third kappa shape index (κ3) is 2.95. The number of nitrogens with zero attached hydrogens (tertiary/aromatic N) is 1. The molecule has 0 radical (unpaired) electrons. The second-order valence-electron chi connectivity index (χ2n) is 6.80. The average Bonchev–Trinajstić information content (AvgIpc) is 2.55. The summed E-state index contributed by atoms with van der Waals surface area (Å²) in [6, 6.07) is 4.01. The summed E-state index contributed by atoms with van der Waals surface area (Å²) in [7, 11) is 5.32. The van der Waals surface area contributed by atoms with Gasteiger partial charge in [0, 0.05) is 31.8 Å². The van der Waals surface area contributed by atoms with E-state index < -0.39 is 5.60 Å². The number of carbonyl (C=O) groups excluding carboxylic acids is 1. The third-order valence-corrected chi connectivity index (χ3v) is 5.28.